The van der Waals surface area contributed by atoms with Crippen LogP contribution in [0.1, 0.15) is 26.3 Å². The summed E-state index contributed by atoms with van der Waals surface area (Å²) in [6.07, 6.45) is -0.297. The van der Waals surface area contributed by atoms with Crippen LogP contribution in [0.2, 0.25) is 0 Å². The molecule has 2 N–H and O–H groups in total. The molecule has 5 heteroatoms. The fourth-order valence-corrected chi connectivity index (χ4v) is 2.18. The van der Waals surface area contributed by atoms with E-state index in [1.807, 2.05) is 26.0 Å². The normalized spacial score (nSPS) is 12.6. The third-order valence-electron chi connectivity index (χ3n) is 2.43. The standard InChI is InChI=1S/C14H22BrNO3/c1-9(2)19-14-11(8-16-7-10(3)17)5-12(15)6-13(14)18-4/h5-6,9-10,16-17H,7-8H2,1-4H3/t10-/m0/s1. The highest BCUT2D eigenvalue weighted by molar-refractivity contribution is 9.10. The summed E-state index contributed by atoms with van der Waals surface area (Å²) in [7, 11) is 1.63. The fourth-order valence-electron chi connectivity index (χ4n) is 1.69. The topological polar surface area (TPSA) is 50.7 Å². The number of benzene rings is 1. The highest BCUT2D eigenvalue weighted by atomic mass is 79.9. The van der Waals surface area contributed by atoms with Crippen LogP contribution in [0, 0.1) is 0 Å². The van der Waals surface area contributed by atoms with E-state index < -0.39 is 0 Å². The van der Waals surface area contributed by atoms with Gasteiger partial charge in [-0.2, -0.15) is 0 Å². The number of methoxy groups -OCH3 is 1. The Morgan fingerprint density at radius 1 is 1.32 bits per heavy atom. The van der Waals surface area contributed by atoms with Gasteiger partial charge in [-0.3, -0.25) is 0 Å². The van der Waals surface area contributed by atoms with E-state index >= 15 is 0 Å². The molecule has 0 fully saturated rings. The van der Waals surface area contributed by atoms with Crippen LogP contribution in [0.25, 0.3) is 0 Å². The van der Waals surface area contributed by atoms with Crippen molar-refractivity contribution in [2.75, 3.05) is 13.7 Å². The number of hydrogen-bond donors (Lipinski definition) is 2. The molecule has 0 heterocycles. The van der Waals surface area contributed by atoms with E-state index in [-0.39, 0.29) is 12.2 Å². The molecule has 0 unspecified atom stereocenters. The van der Waals surface area contributed by atoms with Crippen molar-refractivity contribution >= 4 is 15.9 Å². The van der Waals surface area contributed by atoms with Crippen molar-refractivity contribution in [3.63, 3.8) is 0 Å². The predicted molar refractivity (Wildman–Crippen MR) is 79.8 cm³/mol. The molecule has 19 heavy (non-hydrogen) atoms. The summed E-state index contributed by atoms with van der Waals surface area (Å²) in [5.74, 6) is 1.45. The quantitative estimate of drug-likeness (QED) is 0.806. The molecule has 0 aliphatic rings. The summed E-state index contributed by atoms with van der Waals surface area (Å²) in [5, 5.41) is 12.5. The van der Waals surface area contributed by atoms with Crippen LogP contribution in [0.15, 0.2) is 16.6 Å². The van der Waals surface area contributed by atoms with Gasteiger partial charge in [0, 0.05) is 23.1 Å². The maximum atomic E-state index is 9.27. The number of halogens is 1. The Kier molecular flexibility index (Phi) is 6.62. The van der Waals surface area contributed by atoms with Gasteiger partial charge in [0.2, 0.25) is 0 Å². The lowest BCUT2D eigenvalue weighted by Gasteiger charge is -2.18. The van der Waals surface area contributed by atoms with Crippen molar-refractivity contribution in [1.29, 1.82) is 0 Å². The molecule has 4 nitrogen and oxygen atoms in total. The molecule has 1 aromatic rings. The fraction of sp³-hybridized carbons (Fsp3) is 0.571. The van der Waals surface area contributed by atoms with Gasteiger partial charge in [0.05, 0.1) is 19.3 Å². The van der Waals surface area contributed by atoms with Gasteiger partial charge in [-0.05, 0) is 32.9 Å². The second-order valence-corrected chi connectivity index (χ2v) is 5.66. The van der Waals surface area contributed by atoms with Gasteiger partial charge >= 0.3 is 0 Å². The first-order valence-electron chi connectivity index (χ1n) is 6.36. The molecular weight excluding hydrogens is 310 g/mol. The molecule has 1 rings (SSSR count). The largest absolute Gasteiger partial charge is 0.493 e. The van der Waals surface area contributed by atoms with E-state index in [4.69, 9.17) is 9.47 Å². The maximum absolute atomic E-state index is 9.27. The molecule has 0 saturated carbocycles. The average Bonchev–Trinajstić information content (AvgIpc) is 2.31. The molecule has 0 spiro atoms. The van der Waals surface area contributed by atoms with Crippen LogP contribution in [-0.2, 0) is 6.54 Å². The van der Waals surface area contributed by atoms with Gasteiger partial charge in [0.15, 0.2) is 11.5 Å². The summed E-state index contributed by atoms with van der Waals surface area (Å²) < 4.78 is 12.1. The summed E-state index contributed by atoms with van der Waals surface area (Å²) in [6.45, 7) is 6.86. The monoisotopic (exact) mass is 331 g/mol. The SMILES string of the molecule is COc1cc(Br)cc(CNC[C@H](C)O)c1OC(C)C. The van der Waals surface area contributed by atoms with Gasteiger partial charge in [0.1, 0.15) is 0 Å². The van der Waals surface area contributed by atoms with Crippen LogP contribution in [0.4, 0.5) is 0 Å². The number of ether oxygens (including phenoxy) is 2. The molecule has 0 radical (unpaired) electrons. The van der Waals surface area contributed by atoms with E-state index in [0.717, 1.165) is 15.8 Å². The van der Waals surface area contributed by atoms with Crippen molar-refractivity contribution < 1.29 is 14.6 Å². The first-order valence-corrected chi connectivity index (χ1v) is 7.15. The molecule has 0 aliphatic carbocycles. The Balaban J connectivity index is 2.94. The molecular formula is C14H22BrNO3. The highest BCUT2D eigenvalue weighted by Crippen LogP contribution is 2.35. The van der Waals surface area contributed by atoms with Gasteiger partial charge in [-0.1, -0.05) is 15.9 Å². The minimum absolute atomic E-state index is 0.0746. The van der Waals surface area contributed by atoms with Crippen molar-refractivity contribution in [2.45, 2.75) is 39.5 Å². The van der Waals surface area contributed by atoms with E-state index in [2.05, 4.69) is 21.2 Å². The summed E-state index contributed by atoms with van der Waals surface area (Å²) in [6, 6.07) is 3.88. The number of rotatable bonds is 7. The minimum Gasteiger partial charge on any atom is -0.493 e. The molecule has 0 aliphatic heterocycles. The first kappa shape index (κ1) is 16.3. The van der Waals surface area contributed by atoms with Crippen molar-refractivity contribution in [2.24, 2.45) is 0 Å². The van der Waals surface area contributed by atoms with Crippen LogP contribution < -0.4 is 14.8 Å². The summed E-state index contributed by atoms with van der Waals surface area (Å²) >= 11 is 3.46. The van der Waals surface area contributed by atoms with Gasteiger partial charge < -0.3 is 19.9 Å². The molecule has 0 amide bonds. The second kappa shape index (κ2) is 7.72. The van der Waals surface area contributed by atoms with Gasteiger partial charge in [-0.25, -0.2) is 0 Å². The van der Waals surface area contributed by atoms with E-state index in [1.54, 1.807) is 14.0 Å². The zero-order chi connectivity index (χ0) is 14.4. The Labute approximate surface area is 123 Å². The van der Waals surface area contributed by atoms with Gasteiger partial charge in [-0.15, -0.1) is 0 Å². The molecule has 0 saturated heterocycles. The zero-order valence-electron chi connectivity index (χ0n) is 11.9. The van der Waals surface area contributed by atoms with E-state index in [9.17, 15) is 5.11 Å². The van der Waals surface area contributed by atoms with E-state index in [1.165, 1.54) is 0 Å². The zero-order valence-corrected chi connectivity index (χ0v) is 13.5. The number of hydrogen-bond acceptors (Lipinski definition) is 4. The molecule has 0 bridgehead atoms. The number of nitrogens with one attached hydrogen (secondary N) is 1. The highest BCUT2D eigenvalue weighted by Gasteiger charge is 2.14. The number of aliphatic hydroxyl groups is 1. The second-order valence-electron chi connectivity index (χ2n) is 4.74. The van der Waals surface area contributed by atoms with Crippen LogP contribution in [-0.4, -0.2) is 31.0 Å². The van der Waals surface area contributed by atoms with Crippen molar-refractivity contribution in [1.82, 2.24) is 5.32 Å². The lowest BCUT2D eigenvalue weighted by molar-refractivity contribution is 0.190. The minimum atomic E-state index is -0.372. The third-order valence-corrected chi connectivity index (χ3v) is 2.88. The molecule has 108 valence electrons. The Morgan fingerprint density at radius 3 is 2.53 bits per heavy atom. The third kappa shape index (κ3) is 5.38. The molecule has 0 aromatic heterocycles. The first-order chi connectivity index (χ1) is 8.93. The summed E-state index contributed by atoms with van der Waals surface area (Å²) in [5.41, 5.74) is 1.00. The predicted octanol–water partition coefficient (Wildman–Crippen LogP) is 2.72. The summed E-state index contributed by atoms with van der Waals surface area (Å²) in [4.78, 5) is 0. The Bertz CT molecular complexity index is 408. The van der Waals surface area contributed by atoms with Gasteiger partial charge in [0.25, 0.3) is 0 Å². The molecule has 1 atom stereocenters. The van der Waals surface area contributed by atoms with E-state index in [0.29, 0.717) is 18.8 Å². The lowest BCUT2D eigenvalue weighted by atomic mass is 10.1. The average molecular weight is 332 g/mol. The lowest BCUT2D eigenvalue weighted by Crippen LogP contribution is -2.24. The molecule has 1 aromatic carbocycles. The maximum Gasteiger partial charge on any atom is 0.166 e. The van der Waals surface area contributed by atoms with Crippen LogP contribution >= 0.6 is 15.9 Å². The smallest absolute Gasteiger partial charge is 0.166 e. The Morgan fingerprint density at radius 2 is 2.00 bits per heavy atom. The van der Waals surface area contributed by atoms with Crippen molar-refractivity contribution in [3.8, 4) is 11.5 Å². The van der Waals surface area contributed by atoms with Crippen LogP contribution in [0.3, 0.4) is 0 Å². The number of aliphatic hydroxyl groups excluding tert-OH is 1. The van der Waals surface area contributed by atoms with Crippen molar-refractivity contribution in [3.05, 3.63) is 22.2 Å². The van der Waals surface area contributed by atoms with Crippen LogP contribution in [0.5, 0.6) is 11.5 Å². The Hall–Kier alpha value is -0.780.